The summed E-state index contributed by atoms with van der Waals surface area (Å²) >= 11 is 1.47. The Balaban J connectivity index is 1.68. The highest BCUT2D eigenvalue weighted by Crippen LogP contribution is 2.31. The number of carboxylic acid groups (broad SMARTS) is 1. The van der Waals surface area contributed by atoms with E-state index in [2.05, 4.69) is 0 Å². The number of carbonyl (C=O) groups is 1. The second-order valence-corrected chi connectivity index (χ2v) is 7.57. The predicted octanol–water partition coefficient (Wildman–Crippen LogP) is 5.57. The maximum Gasteiger partial charge on any atom is 0.511 e. The van der Waals surface area contributed by atoms with Crippen LogP contribution in [-0.2, 0) is 17.7 Å². The molecule has 0 aliphatic carbocycles. The minimum absolute atomic E-state index is 0.242. The van der Waals surface area contributed by atoms with Gasteiger partial charge in [0.25, 0.3) is 0 Å². The van der Waals surface area contributed by atoms with Crippen LogP contribution < -0.4 is 0 Å². The Bertz CT molecular complexity index is 913. The molecule has 0 atom stereocenters. The molecule has 0 fully saturated rings. The molecule has 3 rings (SSSR count). The molecule has 152 valence electrons. The van der Waals surface area contributed by atoms with Gasteiger partial charge in [0.2, 0.25) is 0 Å². The van der Waals surface area contributed by atoms with Crippen LogP contribution in [0.4, 0.5) is 13.6 Å². The van der Waals surface area contributed by atoms with Crippen molar-refractivity contribution < 1.29 is 23.4 Å². The summed E-state index contributed by atoms with van der Waals surface area (Å²) in [6.07, 6.45) is 3.63. The molecule has 2 aromatic carbocycles. The third-order valence-electron chi connectivity index (χ3n) is 4.37. The average molecular weight is 417 g/mol. The number of ether oxygens (including phenoxy) is 1. The zero-order valence-electron chi connectivity index (χ0n) is 15.7. The second kappa shape index (κ2) is 10.1. The Labute approximate surface area is 172 Å². The fourth-order valence-electron chi connectivity index (χ4n) is 3.00. The Morgan fingerprint density at radius 1 is 1.14 bits per heavy atom. The van der Waals surface area contributed by atoms with Crippen LogP contribution in [0.3, 0.4) is 0 Å². The Kier molecular flexibility index (Phi) is 7.30. The fraction of sp³-hybridized carbons (Fsp3) is 0.227. The highest BCUT2D eigenvalue weighted by molar-refractivity contribution is 8.03. The zero-order chi connectivity index (χ0) is 20.6. The SMILES string of the molecule is O=C(O)OC1=C(SCCCc2ccc(F)cc2)N(Cc2ccccc2F)CC=C1. The van der Waals surface area contributed by atoms with Crippen LogP contribution in [0.1, 0.15) is 17.5 Å². The molecule has 0 saturated carbocycles. The Hall–Kier alpha value is -2.80. The molecule has 0 radical (unpaired) electrons. The summed E-state index contributed by atoms with van der Waals surface area (Å²) in [7, 11) is 0. The van der Waals surface area contributed by atoms with Crippen molar-refractivity contribution >= 4 is 17.9 Å². The molecular formula is C22H21F2NO3S. The van der Waals surface area contributed by atoms with E-state index in [0.717, 1.165) is 18.4 Å². The molecule has 2 aromatic rings. The number of benzene rings is 2. The van der Waals surface area contributed by atoms with Crippen molar-refractivity contribution in [1.29, 1.82) is 0 Å². The lowest BCUT2D eigenvalue weighted by Crippen LogP contribution is -2.26. The summed E-state index contributed by atoms with van der Waals surface area (Å²) in [6, 6.07) is 12.9. The summed E-state index contributed by atoms with van der Waals surface area (Å²) in [4.78, 5) is 13.0. The van der Waals surface area contributed by atoms with Crippen LogP contribution in [-0.4, -0.2) is 28.5 Å². The van der Waals surface area contributed by atoms with E-state index in [1.807, 2.05) is 4.90 Å². The van der Waals surface area contributed by atoms with Crippen molar-refractivity contribution in [2.75, 3.05) is 12.3 Å². The largest absolute Gasteiger partial charge is 0.511 e. The molecular weight excluding hydrogens is 396 g/mol. The number of hydrogen-bond acceptors (Lipinski definition) is 4. The minimum Gasteiger partial charge on any atom is -0.449 e. The van der Waals surface area contributed by atoms with E-state index in [-0.39, 0.29) is 17.4 Å². The smallest absolute Gasteiger partial charge is 0.449 e. The molecule has 1 aliphatic heterocycles. The van der Waals surface area contributed by atoms with E-state index in [1.54, 1.807) is 42.5 Å². The lowest BCUT2D eigenvalue weighted by molar-refractivity contribution is 0.119. The molecule has 0 saturated heterocycles. The quantitative estimate of drug-likeness (QED) is 0.450. The van der Waals surface area contributed by atoms with Gasteiger partial charge in [-0.3, -0.25) is 0 Å². The first-order valence-electron chi connectivity index (χ1n) is 9.20. The summed E-state index contributed by atoms with van der Waals surface area (Å²) in [5.41, 5.74) is 1.57. The van der Waals surface area contributed by atoms with Crippen molar-refractivity contribution in [3.05, 3.63) is 94.2 Å². The molecule has 0 aromatic heterocycles. The molecule has 0 bridgehead atoms. The average Bonchev–Trinajstić information content (AvgIpc) is 2.69. The van der Waals surface area contributed by atoms with Gasteiger partial charge >= 0.3 is 6.16 Å². The minimum atomic E-state index is -1.39. The zero-order valence-corrected chi connectivity index (χ0v) is 16.5. The van der Waals surface area contributed by atoms with Gasteiger partial charge in [0.1, 0.15) is 16.7 Å². The van der Waals surface area contributed by atoms with Gasteiger partial charge < -0.3 is 14.7 Å². The summed E-state index contributed by atoms with van der Waals surface area (Å²) < 4.78 is 32.0. The Morgan fingerprint density at radius 2 is 1.90 bits per heavy atom. The van der Waals surface area contributed by atoms with E-state index in [1.165, 1.54) is 30.0 Å². The fourth-order valence-corrected chi connectivity index (χ4v) is 4.05. The number of allylic oxidation sites excluding steroid dienone is 1. The first-order chi connectivity index (χ1) is 14.0. The van der Waals surface area contributed by atoms with Gasteiger partial charge in [-0.15, -0.1) is 11.8 Å². The van der Waals surface area contributed by atoms with Gasteiger partial charge in [0, 0.05) is 18.7 Å². The third kappa shape index (κ3) is 6.09. The topological polar surface area (TPSA) is 49.8 Å². The standard InChI is InChI=1S/C22H21F2NO3S/c23-18-11-9-16(10-12-18)5-4-14-29-21-20(28-22(26)27)8-3-13-25(21)15-17-6-1-2-7-19(17)24/h1-3,6-12H,4-5,13-15H2,(H,26,27). The number of nitrogens with zero attached hydrogens (tertiary/aromatic N) is 1. The van der Waals surface area contributed by atoms with Crippen LogP contribution in [0.15, 0.2) is 71.5 Å². The van der Waals surface area contributed by atoms with Gasteiger partial charge in [-0.2, -0.15) is 0 Å². The van der Waals surface area contributed by atoms with Crippen LogP contribution in [0.25, 0.3) is 0 Å². The van der Waals surface area contributed by atoms with E-state index < -0.39 is 6.16 Å². The van der Waals surface area contributed by atoms with Crippen LogP contribution >= 0.6 is 11.8 Å². The lowest BCUT2D eigenvalue weighted by atomic mass is 10.1. The predicted molar refractivity (Wildman–Crippen MR) is 109 cm³/mol. The van der Waals surface area contributed by atoms with Crippen LogP contribution in [0, 0.1) is 11.6 Å². The van der Waals surface area contributed by atoms with Crippen LogP contribution in [0.5, 0.6) is 0 Å². The molecule has 0 spiro atoms. The third-order valence-corrected chi connectivity index (χ3v) is 5.60. The van der Waals surface area contributed by atoms with E-state index in [9.17, 15) is 13.6 Å². The number of halogens is 2. The Morgan fingerprint density at radius 3 is 2.62 bits per heavy atom. The molecule has 29 heavy (non-hydrogen) atoms. The van der Waals surface area contributed by atoms with E-state index in [4.69, 9.17) is 9.84 Å². The maximum absolute atomic E-state index is 14.1. The van der Waals surface area contributed by atoms with Crippen molar-refractivity contribution in [3.8, 4) is 0 Å². The second-order valence-electron chi connectivity index (χ2n) is 6.49. The lowest BCUT2D eigenvalue weighted by Gasteiger charge is -2.29. The number of aryl methyl sites for hydroxylation is 1. The molecule has 1 heterocycles. The van der Waals surface area contributed by atoms with Crippen molar-refractivity contribution in [2.24, 2.45) is 0 Å². The monoisotopic (exact) mass is 417 g/mol. The van der Waals surface area contributed by atoms with Gasteiger partial charge in [-0.25, -0.2) is 13.6 Å². The highest BCUT2D eigenvalue weighted by atomic mass is 32.2. The normalized spacial score (nSPS) is 13.7. The van der Waals surface area contributed by atoms with Gasteiger partial charge in [-0.1, -0.05) is 36.4 Å². The van der Waals surface area contributed by atoms with Gasteiger partial charge in [0.15, 0.2) is 5.76 Å². The summed E-state index contributed by atoms with van der Waals surface area (Å²) in [5.74, 6) is 0.387. The highest BCUT2D eigenvalue weighted by Gasteiger charge is 2.21. The molecule has 1 N–H and O–H groups in total. The molecule has 1 aliphatic rings. The molecule has 0 unspecified atom stereocenters. The summed E-state index contributed by atoms with van der Waals surface area (Å²) in [6.45, 7) is 0.838. The van der Waals surface area contributed by atoms with E-state index >= 15 is 0 Å². The first-order valence-corrected chi connectivity index (χ1v) is 10.2. The van der Waals surface area contributed by atoms with Crippen molar-refractivity contribution in [1.82, 2.24) is 4.90 Å². The first kappa shape index (κ1) is 20.9. The number of hydrogen-bond donors (Lipinski definition) is 1. The molecule has 7 heteroatoms. The maximum atomic E-state index is 14.1. The van der Waals surface area contributed by atoms with E-state index in [0.29, 0.717) is 29.4 Å². The van der Waals surface area contributed by atoms with Crippen molar-refractivity contribution in [3.63, 3.8) is 0 Å². The number of thioether (sulfide) groups is 1. The summed E-state index contributed by atoms with van der Waals surface area (Å²) in [5, 5.41) is 9.70. The van der Waals surface area contributed by atoms with Gasteiger partial charge in [0.05, 0.1) is 0 Å². The molecule has 4 nitrogen and oxygen atoms in total. The molecule has 0 amide bonds. The number of rotatable bonds is 8. The van der Waals surface area contributed by atoms with Crippen molar-refractivity contribution in [2.45, 2.75) is 19.4 Å². The van der Waals surface area contributed by atoms with Crippen LogP contribution in [0.2, 0.25) is 0 Å². The van der Waals surface area contributed by atoms with Gasteiger partial charge in [-0.05, 0) is 48.4 Å².